The van der Waals surface area contributed by atoms with E-state index in [1.165, 1.54) is 0 Å². The van der Waals surface area contributed by atoms with Crippen LogP contribution in [0.5, 0.6) is 0 Å². The number of ether oxygens (including phenoxy) is 1. The molecule has 0 aromatic carbocycles. The topological polar surface area (TPSA) is 61.9 Å². The molecule has 4 rings (SSSR count). The number of carbonyl (C=O) groups excluding carboxylic acids is 2. The minimum Gasteiger partial charge on any atom is -0.380 e. The normalized spacial score (nSPS) is 42.1. The van der Waals surface area contributed by atoms with Crippen molar-refractivity contribution in [2.24, 2.45) is 17.8 Å². The van der Waals surface area contributed by atoms with Crippen molar-refractivity contribution in [1.82, 2.24) is 15.1 Å². The van der Waals surface area contributed by atoms with Crippen LogP contribution in [0.1, 0.15) is 32.6 Å². The molecule has 7 unspecified atom stereocenters. The molecule has 9 heteroatoms. The van der Waals surface area contributed by atoms with Gasteiger partial charge in [0.05, 0.1) is 24.8 Å². The first-order valence-corrected chi connectivity index (χ1v) is 11.6. The van der Waals surface area contributed by atoms with E-state index in [0.717, 1.165) is 12.8 Å². The Hall–Kier alpha value is -0.630. The van der Waals surface area contributed by atoms with Gasteiger partial charge < -0.3 is 14.5 Å². The lowest BCUT2D eigenvalue weighted by Crippen LogP contribution is -2.70. The summed E-state index contributed by atoms with van der Waals surface area (Å²) in [5.74, 6) is 0.110. The van der Waals surface area contributed by atoms with E-state index in [1.807, 2.05) is 0 Å². The first-order valence-electron chi connectivity index (χ1n) is 10.7. The van der Waals surface area contributed by atoms with E-state index < -0.39 is 17.6 Å². The molecule has 1 aliphatic carbocycles. The van der Waals surface area contributed by atoms with Crippen LogP contribution in [0, 0.1) is 17.8 Å². The summed E-state index contributed by atoms with van der Waals surface area (Å²) in [6.07, 6.45) is 1.30. The molecule has 164 valence electrons. The third-order valence-corrected chi connectivity index (χ3v) is 7.74. The number of nitrogens with one attached hydrogen (secondary N) is 1. The number of piperazine rings is 1. The predicted molar refractivity (Wildman–Crippen MR) is 109 cm³/mol. The van der Waals surface area contributed by atoms with Crippen molar-refractivity contribution in [2.75, 3.05) is 32.8 Å². The van der Waals surface area contributed by atoms with Gasteiger partial charge in [-0.25, -0.2) is 4.39 Å². The first-order chi connectivity index (χ1) is 13.8. The molecule has 4 aliphatic rings. The molecule has 4 fully saturated rings. The van der Waals surface area contributed by atoms with Gasteiger partial charge in [-0.2, -0.15) is 0 Å². The number of piperidine rings is 1. The van der Waals surface area contributed by atoms with Crippen LogP contribution in [0.25, 0.3) is 0 Å². The number of hydrogen-bond acceptors (Lipinski definition) is 4. The van der Waals surface area contributed by atoms with E-state index in [0.29, 0.717) is 39.1 Å². The lowest BCUT2D eigenvalue weighted by Gasteiger charge is -2.50. The van der Waals surface area contributed by atoms with Crippen molar-refractivity contribution in [1.29, 1.82) is 0 Å². The van der Waals surface area contributed by atoms with E-state index >= 15 is 0 Å². The highest BCUT2D eigenvalue weighted by atomic mass is 35.5. The van der Waals surface area contributed by atoms with E-state index in [9.17, 15) is 14.0 Å². The molecule has 0 aromatic rings. The molecule has 6 nitrogen and oxygen atoms in total. The molecule has 3 heterocycles. The number of amides is 2. The minimum atomic E-state index is -1.05. The third kappa shape index (κ3) is 4.39. The van der Waals surface area contributed by atoms with Crippen LogP contribution in [0.4, 0.5) is 4.39 Å². The maximum atomic E-state index is 14.1. The quantitative estimate of drug-likeness (QED) is 0.666. The molecule has 1 N–H and O–H groups in total. The predicted octanol–water partition coefficient (Wildman–Crippen LogP) is 1.98. The number of carbonyl (C=O) groups is 2. The van der Waals surface area contributed by atoms with Gasteiger partial charge in [-0.1, -0.05) is 6.92 Å². The Morgan fingerprint density at radius 2 is 1.97 bits per heavy atom. The highest BCUT2D eigenvalue weighted by Gasteiger charge is 2.49. The maximum Gasteiger partial charge on any atom is 0.247 e. The highest BCUT2D eigenvalue weighted by Crippen LogP contribution is 2.34. The third-order valence-electron chi connectivity index (χ3n) is 6.92. The maximum absolute atomic E-state index is 14.1. The summed E-state index contributed by atoms with van der Waals surface area (Å²) in [5, 5.41) is 2.94. The molecule has 7 atom stereocenters. The lowest BCUT2D eigenvalue weighted by molar-refractivity contribution is -0.173. The van der Waals surface area contributed by atoms with E-state index in [2.05, 4.69) is 12.2 Å². The van der Waals surface area contributed by atoms with Gasteiger partial charge >= 0.3 is 0 Å². The Kier molecular flexibility index (Phi) is 6.59. The van der Waals surface area contributed by atoms with Crippen molar-refractivity contribution < 1.29 is 18.7 Å². The second kappa shape index (κ2) is 8.85. The SMILES string of the molecule is CC1CC(Cl)CNC1N1CC(=O)N(CC2CCC(Cl)C(F)C2)C(C2COC2)C1=O. The fourth-order valence-corrected chi connectivity index (χ4v) is 5.80. The monoisotopic (exact) mass is 449 g/mol. The number of alkyl halides is 3. The van der Waals surface area contributed by atoms with Crippen molar-refractivity contribution in [3.8, 4) is 0 Å². The van der Waals surface area contributed by atoms with E-state index in [4.69, 9.17) is 27.9 Å². The standard InChI is InChI=1S/C20H30Cl2FN3O3/c1-11-4-14(21)6-24-19(11)26-8-17(27)25(18(20(26)28)13-9-29-10-13)7-12-2-3-15(22)16(23)5-12/h11-16,18-19,24H,2-10H2,1H3. The Balaban J connectivity index is 1.50. The first kappa shape index (κ1) is 21.6. The second-order valence-electron chi connectivity index (χ2n) is 9.13. The van der Waals surface area contributed by atoms with E-state index in [-0.39, 0.29) is 47.7 Å². The average molecular weight is 450 g/mol. The van der Waals surface area contributed by atoms with Crippen LogP contribution in [0.3, 0.4) is 0 Å². The zero-order valence-corrected chi connectivity index (χ0v) is 18.2. The molecule has 3 saturated heterocycles. The van der Waals surface area contributed by atoms with Crippen molar-refractivity contribution >= 4 is 35.0 Å². The van der Waals surface area contributed by atoms with Crippen LogP contribution >= 0.6 is 23.2 Å². The lowest BCUT2D eigenvalue weighted by atomic mass is 9.85. The zero-order valence-electron chi connectivity index (χ0n) is 16.7. The summed E-state index contributed by atoms with van der Waals surface area (Å²) >= 11 is 12.3. The van der Waals surface area contributed by atoms with Crippen LogP contribution in [-0.2, 0) is 14.3 Å². The van der Waals surface area contributed by atoms with Crippen LogP contribution in [0.2, 0.25) is 0 Å². The largest absolute Gasteiger partial charge is 0.380 e. The van der Waals surface area contributed by atoms with Crippen LogP contribution in [-0.4, -0.2) is 83.6 Å². The highest BCUT2D eigenvalue weighted by molar-refractivity contribution is 6.21. The molecular weight excluding hydrogens is 420 g/mol. The van der Waals surface area contributed by atoms with Gasteiger partial charge in [0.1, 0.15) is 18.8 Å². The Morgan fingerprint density at radius 1 is 1.21 bits per heavy atom. The molecule has 29 heavy (non-hydrogen) atoms. The fraction of sp³-hybridized carbons (Fsp3) is 0.900. The molecule has 0 spiro atoms. The van der Waals surface area contributed by atoms with Gasteiger partial charge in [0.15, 0.2) is 0 Å². The van der Waals surface area contributed by atoms with Crippen molar-refractivity contribution in [3.63, 3.8) is 0 Å². The molecule has 1 saturated carbocycles. The molecule has 2 amide bonds. The van der Waals surface area contributed by atoms with Gasteiger partial charge in [0.25, 0.3) is 0 Å². The van der Waals surface area contributed by atoms with Gasteiger partial charge in [-0.05, 0) is 37.5 Å². The number of rotatable bonds is 4. The van der Waals surface area contributed by atoms with Crippen LogP contribution in [0.15, 0.2) is 0 Å². The fourth-order valence-electron chi connectivity index (χ4n) is 5.20. The Bertz CT molecular complexity index is 638. The molecule has 0 aromatic heterocycles. The molecule has 0 bridgehead atoms. The summed E-state index contributed by atoms with van der Waals surface area (Å²) in [6, 6.07) is -0.528. The molecule has 0 radical (unpaired) electrons. The zero-order chi connectivity index (χ0) is 20.7. The summed E-state index contributed by atoms with van der Waals surface area (Å²) in [7, 11) is 0. The van der Waals surface area contributed by atoms with Crippen molar-refractivity contribution in [3.05, 3.63) is 0 Å². The average Bonchev–Trinajstić information content (AvgIpc) is 2.62. The van der Waals surface area contributed by atoms with Gasteiger partial charge in [0.2, 0.25) is 11.8 Å². The number of nitrogens with zero attached hydrogens (tertiary/aromatic N) is 2. The summed E-state index contributed by atoms with van der Waals surface area (Å²) in [5.41, 5.74) is 0. The molecular formula is C20H30Cl2FN3O3. The van der Waals surface area contributed by atoms with Gasteiger partial charge in [-0.15, -0.1) is 23.2 Å². The van der Waals surface area contributed by atoms with Crippen molar-refractivity contribution in [2.45, 2.75) is 61.7 Å². The van der Waals surface area contributed by atoms with E-state index in [1.54, 1.807) is 9.80 Å². The van der Waals surface area contributed by atoms with Gasteiger partial charge in [0, 0.05) is 24.4 Å². The summed E-state index contributed by atoms with van der Waals surface area (Å²) in [6.45, 7) is 4.11. The number of halogens is 3. The van der Waals surface area contributed by atoms with Crippen LogP contribution < -0.4 is 5.32 Å². The molecule has 3 aliphatic heterocycles. The minimum absolute atomic E-state index is 0.000498. The Labute approximate surface area is 181 Å². The van der Waals surface area contributed by atoms with Gasteiger partial charge in [-0.3, -0.25) is 14.9 Å². The summed E-state index contributed by atoms with van der Waals surface area (Å²) in [4.78, 5) is 30.1. The Morgan fingerprint density at radius 3 is 2.59 bits per heavy atom. The number of hydrogen-bond donors (Lipinski definition) is 1. The summed E-state index contributed by atoms with van der Waals surface area (Å²) < 4.78 is 19.5. The smallest absolute Gasteiger partial charge is 0.247 e. The second-order valence-corrected chi connectivity index (χ2v) is 10.3.